The topological polar surface area (TPSA) is 6.48 Å². The summed E-state index contributed by atoms with van der Waals surface area (Å²) < 4.78 is 0. The van der Waals surface area contributed by atoms with Crippen molar-refractivity contribution in [3.8, 4) is 89.0 Å². The first-order chi connectivity index (χ1) is 50.5. The molecule has 18 rings (SSSR count). The van der Waals surface area contributed by atoms with Crippen LogP contribution in [0.15, 0.2) is 425 Å². The highest BCUT2D eigenvalue weighted by atomic mass is 15.1. The van der Waals surface area contributed by atoms with Crippen LogP contribution in [-0.4, -0.2) is 0 Å². The van der Waals surface area contributed by atoms with E-state index in [9.17, 15) is 0 Å². The number of hydrogen-bond acceptors (Lipinski definition) is 2. The molecule has 0 fully saturated rings. The van der Waals surface area contributed by atoms with Crippen LogP contribution in [-0.2, 0) is 0 Å². The second-order valence-electron chi connectivity index (χ2n) is 26.1. The van der Waals surface area contributed by atoms with Gasteiger partial charge in [0.15, 0.2) is 0 Å². The number of para-hydroxylation sites is 1. The molecule has 0 bridgehead atoms. The maximum Gasteiger partial charge on any atom is 0.0540 e. The van der Waals surface area contributed by atoms with Crippen molar-refractivity contribution in [3.05, 3.63) is 425 Å². The number of rotatable bonds is 14. The average molecular weight is 1300 g/mol. The molecule has 0 spiro atoms. The van der Waals surface area contributed by atoms with E-state index in [1.165, 1.54) is 132 Å². The monoisotopic (exact) mass is 1300 g/mol. The van der Waals surface area contributed by atoms with Gasteiger partial charge in [0.05, 0.1) is 5.69 Å². The molecule has 2 heteroatoms. The highest BCUT2D eigenvalue weighted by Crippen LogP contribution is 2.44. The molecule has 0 radical (unpaired) electrons. The molecule has 0 aliphatic heterocycles. The molecule has 0 aliphatic carbocycles. The summed E-state index contributed by atoms with van der Waals surface area (Å²) in [6.45, 7) is 0. The Labute approximate surface area is 596 Å². The molecular weight excluding hydrogens is 1230 g/mol. The molecule has 0 saturated heterocycles. The van der Waals surface area contributed by atoms with Gasteiger partial charge in [-0.25, -0.2) is 0 Å². The number of benzene rings is 18. The molecule has 0 atom stereocenters. The number of anilines is 6. The molecule has 0 unspecified atom stereocenters. The van der Waals surface area contributed by atoms with Crippen LogP contribution in [0.1, 0.15) is 0 Å². The maximum absolute atomic E-state index is 2.37. The third kappa shape index (κ3) is 13.2. The van der Waals surface area contributed by atoms with Crippen LogP contribution in [0.25, 0.3) is 132 Å². The van der Waals surface area contributed by atoms with Crippen molar-refractivity contribution in [1.29, 1.82) is 0 Å². The van der Waals surface area contributed by atoms with Gasteiger partial charge in [-0.3, -0.25) is 0 Å². The van der Waals surface area contributed by atoms with Crippen molar-refractivity contribution in [3.63, 3.8) is 0 Å². The zero-order valence-corrected chi connectivity index (χ0v) is 56.3. The Balaban J connectivity index is 0.000000152. The quantitative estimate of drug-likeness (QED) is 0.107. The third-order valence-corrected chi connectivity index (χ3v) is 19.7. The Hall–Kier alpha value is -13.4. The molecule has 0 heterocycles. The fourth-order valence-electron chi connectivity index (χ4n) is 14.3. The minimum Gasteiger partial charge on any atom is -0.311 e. The first kappa shape index (κ1) is 62.1. The largest absolute Gasteiger partial charge is 0.311 e. The third-order valence-electron chi connectivity index (χ3n) is 19.7. The second kappa shape index (κ2) is 28.2. The summed E-state index contributed by atoms with van der Waals surface area (Å²) in [4.78, 5) is 4.71. The molecule has 0 aromatic heterocycles. The summed E-state index contributed by atoms with van der Waals surface area (Å²) in [6, 6.07) is 153. The van der Waals surface area contributed by atoms with Gasteiger partial charge < -0.3 is 9.80 Å². The van der Waals surface area contributed by atoms with Gasteiger partial charge in [-0.15, -0.1) is 0 Å². The summed E-state index contributed by atoms with van der Waals surface area (Å²) in [5.74, 6) is 0. The predicted octanol–water partition coefficient (Wildman–Crippen LogP) is 28.3. The van der Waals surface area contributed by atoms with Gasteiger partial charge in [-0.05, 0) is 230 Å². The Kier molecular flexibility index (Phi) is 17.2. The van der Waals surface area contributed by atoms with Crippen LogP contribution in [0.3, 0.4) is 0 Å². The predicted molar refractivity (Wildman–Crippen MR) is 436 cm³/mol. The molecule has 2 nitrogen and oxygen atoms in total. The van der Waals surface area contributed by atoms with Gasteiger partial charge in [-0.2, -0.15) is 0 Å². The van der Waals surface area contributed by atoms with Crippen molar-refractivity contribution in [2.24, 2.45) is 0 Å². The van der Waals surface area contributed by atoms with Gasteiger partial charge in [0.25, 0.3) is 0 Å². The SMILES string of the molecule is c1ccc(-c2ccc(N(c3ccc(-c4ccc5cc(-c6ccc7ccccc7c6)ccc5c4)cc3)c3ccccc3-c3ccccc3)cc2)cc1.c1ccc(-c2ccc(N(c3ccc(-c4ccccc4)cc3)c3ccc(-c4ccc5ccc(-c6ccc7ccccc7c6)cc5c4)cc3)cc2)cc1. The fraction of sp³-hybridized carbons (Fsp3) is 0. The van der Waals surface area contributed by atoms with E-state index >= 15 is 0 Å². The smallest absolute Gasteiger partial charge is 0.0540 e. The molecule has 0 amide bonds. The summed E-state index contributed by atoms with van der Waals surface area (Å²) in [7, 11) is 0. The van der Waals surface area contributed by atoms with Crippen molar-refractivity contribution < 1.29 is 0 Å². The lowest BCUT2D eigenvalue weighted by Crippen LogP contribution is -2.11. The lowest BCUT2D eigenvalue weighted by molar-refractivity contribution is 1.28. The molecule has 102 heavy (non-hydrogen) atoms. The molecule has 480 valence electrons. The summed E-state index contributed by atoms with van der Waals surface area (Å²) >= 11 is 0. The Morgan fingerprint density at radius 3 is 0.667 bits per heavy atom. The maximum atomic E-state index is 2.37. The molecule has 18 aromatic rings. The molecule has 18 aromatic carbocycles. The van der Waals surface area contributed by atoms with Crippen LogP contribution < -0.4 is 9.80 Å². The van der Waals surface area contributed by atoms with Crippen LogP contribution in [0, 0.1) is 0 Å². The highest BCUT2D eigenvalue weighted by Gasteiger charge is 2.19. The van der Waals surface area contributed by atoms with Crippen molar-refractivity contribution >= 4 is 77.2 Å². The molecule has 0 aliphatic rings. The Morgan fingerprint density at radius 1 is 0.118 bits per heavy atom. The number of nitrogens with zero attached hydrogens (tertiary/aromatic N) is 2. The molecule has 0 saturated carbocycles. The van der Waals surface area contributed by atoms with Crippen LogP contribution >= 0.6 is 0 Å². The van der Waals surface area contributed by atoms with E-state index in [0.717, 1.165) is 34.1 Å². The molecule has 0 N–H and O–H groups in total. The van der Waals surface area contributed by atoms with Crippen LogP contribution in [0.4, 0.5) is 34.1 Å². The average Bonchev–Trinajstić information content (AvgIpc) is 0.795. The van der Waals surface area contributed by atoms with Crippen molar-refractivity contribution in [2.75, 3.05) is 9.80 Å². The number of hydrogen-bond donors (Lipinski definition) is 0. The summed E-state index contributed by atoms with van der Waals surface area (Å²) in [6.07, 6.45) is 0. The van der Waals surface area contributed by atoms with Gasteiger partial charge in [0.2, 0.25) is 0 Å². The van der Waals surface area contributed by atoms with Crippen LogP contribution in [0.2, 0.25) is 0 Å². The lowest BCUT2D eigenvalue weighted by atomic mass is 9.96. The first-order valence-corrected chi connectivity index (χ1v) is 35.0. The van der Waals surface area contributed by atoms with E-state index in [2.05, 4.69) is 434 Å². The summed E-state index contributed by atoms with van der Waals surface area (Å²) in [5.41, 5.74) is 26.0. The minimum atomic E-state index is 1.11. The van der Waals surface area contributed by atoms with E-state index in [1.807, 2.05) is 0 Å². The summed E-state index contributed by atoms with van der Waals surface area (Å²) in [5, 5.41) is 10.0. The van der Waals surface area contributed by atoms with E-state index in [-0.39, 0.29) is 0 Å². The van der Waals surface area contributed by atoms with E-state index in [4.69, 9.17) is 0 Å². The highest BCUT2D eigenvalue weighted by molar-refractivity contribution is 5.97. The first-order valence-electron chi connectivity index (χ1n) is 35.0. The Bertz CT molecular complexity index is 5850. The van der Waals surface area contributed by atoms with Crippen molar-refractivity contribution in [2.45, 2.75) is 0 Å². The zero-order valence-electron chi connectivity index (χ0n) is 56.3. The standard InChI is InChI=1S/2C50H35N/c1-3-11-36(12-4-1)38-25-29-47(30-26-38)51(50-18-10-9-17-49(50)40-14-5-2-6-15-40)48-31-27-39(28-32-48)42-21-22-45-35-46(24-23-44(45)34-42)43-20-19-37-13-7-8-16-41(37)33-43;1-3-9-36(10-4-1)39-21-27-48(28-22-39)51(49-29-23-40(24-30-49)37-11-5-2-6-12-37)50-31-25-41(26-32-50)44-18-16-42-17-20-46(35-47(42)34-44)45-19-15-38-13-7-8-14-43(38)33-45/h2*1-35H. The molecular formula is C100H70N2. The van der Waals surface area contributed by atoms with Crippen LogP contribution in [0.5, 0.6) is 0 Å². The number of fused-ring (bicyclic) bond motifs is 4. The van der Waals surface area contributed by atoms with E-state index < -0.39 is 0 Å². The van der Waals surface area contributed by atoms with Crippen molar-refractivity contribution in [1.82, 2.24) is 0 Å². The Morgan fingerprint density at radius 2 is 0.324 bits per heavy atom. The fourth-order valence-corrected chi connectivity index (χ4v) is 14.3. The van der Waals surface area contributed by atoms with Gasteiger partial charge in [-0.1, -0.05) is 322 Å². The van der Waals surface area contributed by atoms with E-state index in [0.29, 0.717) is 0 Å². The zero-order chi connectivity index (χ0) is 68.0. The lowest BCUT2D eigenvalue weighted by Gasteiger charge is -2.28. The van der Waals surface area contributed by atoms with Gasteiger partial charge in [0.1, 0.15) is 0 Å². The van der Waals surface area contributed by atoms with E-state index in [1.54, 1.807) is 0 Å². The van der Waals surface area contributed by atoms with Gasteiger partial charge in [0, 0.05) is 34.0 Å². The van der Waals surface area contributed by atoms with Gasteiger partial charge >= 0.3 is 0 Å². The minimum absolute atomic E-state index is 1.11. The second-order valence-corrected chi connectivity index (χ2v) is 26.1. The normalized spacial score (nSPS) is 11.1.